The normalized spacial score (nSPS) is 18.4. The largest absolute Gasteiger partial charge is 0.467 e. The fourth-order valence-corrected chi connectivity index (χ4v) is 2.48. The number of hydrogen-bond donors (Lipinski definition) is 2. The Morgan fingerprint density at radius 1 is 1.32 bits per heavy atom. The van der Waals surface area contributed by atoms with Crippen molar-refractivity contribution >= 4 is 17.8 Å². The van der Waals surface area contributed by atoms with Crippen molar-refractivity contribution in [1.29, 1.82) is 0 Å². The Bertz CT molecular complexity index is 658. The minimum absolute atomic E-state index is 0.0305. The van der Waals surface area contributed by atoms with Gasteiger partial charge in [-0.15, -0.1) is 0 Å². The quantitative estimate of drug-likeness (QED) is 0.775. The highest BCUT2D eigenvalue weighted by molar-refractivity contribution is 5.93. The van der Waals surface area contributed by atoms with Gasteiger partial charge in [0.1, 0.15) is 12.1 Å². The molecule has 1 fully saturated rings. The van der Waals surface area contributed by atoms with E-state index in [2.05, 4.69) is 15.4 Å². The Hall–Kier alpha value is -2.58. The summed E-state index contributed by atoms with van der Waals surface area (Å²) in [5.41, 5.74) is -0.372. The summed E-state index contributed by atoms with van der Waals surface area (Å²) in [6.07, 6.45) is -3.94. The average Bonchev–Trinajstić information content (AvgIpc) is 2.99. The van der Waals surface area contributed by atoms with Crippen LogP contribution in [0.4, 0.5) is 13.2 Å². The second-order valence-corrected chi connectivity index (χ2v) is 5.64. The van der Waals surface area contributed by atoms with Crippen LogP contribution in [0.3, 0.4) is 0 Å². The smallest absolute Gasteiger partial charge is 0.416 e. The lowest BCUT2D eigenvalue weighted by Crippen LogP contribution is -2.50. The fourth-order valence-electron chi connectivity index (χ4n) is 2.48. The third-order valence-electron chi connectivity index (χ3n) is 3.84. The minimum atomic E-state index is -4.45. The molecule has 1 saturated heterocycles. The van der Waals surface area contributed by atoms with E-state index in [0.717, 1.165) is 19.2 Å². The van der Waals surface area contributed by atoms with E-state index in [1.807, 2.05) is 0 Å². The SMILES string of the molecule is COC(=O)[C@@H](Cc1ccc(C(F)(F)F)cc1)NC(=O)[C@H]1CCC(=O)N1. The number of alkyl halides is 3. The van der Waals surface area contributed by atoms with E-state index in [0.29, 0.717) is 12.0 Å². The highest BCUT2D eigenvalue weighted by Crippen LogP contribution is 2.29. The molecular formula is C16H17F3N2O4. The molecule has 2 atom stereocenters. The van der Waals surface area contributed by atoms with Gasteiger partial charge in [0.25, 0.3) is 0 Å². The van der Waals surface area contributed by atoms with Gasteiger partial charge in [0.15, 0.2) is 0 Å². The van der Waals surface area contributed by atoms with Gasteiger partial charge in [0.05, 0.1) is 12.7 Å². The monoisotopic (exact) mass is 358 g/mol. The summed E-state index contributed by atoms with van der Waals surface area (Å²) in [5, 5.41) is 4.95. The summed E-state index contributed by atoms with van der Waals surface area (Å²) in [7, 11) is 1.14. The molecular weight excluding hydrogens is 341 g/mol. The highest BCUT2D eigenvalue weighted by Gasteiger charge is 2.32. The topological polar surface area (TPSA) is 84.5 Å². The first-order valence-electron chi connectivity index (χ1n) is 7.54. The first-order chi connectivity index (χ1) is 11.7. The van der Waals surface area contributed by atoms with E-state index in [-0.39, 0.29) is 18.7 Å². The first-order valence-corrected chi connectivity index (χ1v) is 7.54. The van der Waals surface area contributed by atoms with Gasteiger partial charge in [-0.2, -0.15) is 13.2 Å². The summed E-state index contributed by atoms with van der Waals surface area (Å²) >= 11 is 0. The minimum Gasteiger partial charge on any atom is -0.467 e. The molecule has 1 aromatic carbocycles. The van der Waals surface area contributed by atoms with Crippen molar-refractivity contribution in [2.75, 3.05) is 7.11 Å². The number of amides is 2. The number of benzene rings is 1. The van der Waals surface area contributed by atoms with Crippen LogP contribution in [0.1, 0.15) is 24.0 Å². The molecule has 6 nitrogen and oxygen atoms in total. The molecule has 25 heavy (non-hydrogen) atoms. The second-order valence-electron chi connectivity index (χ2n) is 5.64. The molecule has 1 aliphatic heterocycles. The van der Waals surface area contributed by atoms with Crippen molar-refractivity contribution in [3.05, 3.63) is 35.4 Å². The number of methoxy groups -OCH3 is 1. The van der Waals surface area contributed by atoms with Crippen LogP contribution in [-0.4, -0.2) is 37.0 Å². The van der Waals surface area contributed by atoms with Crippen molar-refractivity contribution < 1.29 is 32.3 Å². The van der Waals surface area contributed by atoms with Crippen LogP contribution in [0.2, 0.25) is 0 Å². The molecule has 0 bridgehead atoms. The summed E-state index contributed by atoms with van der Waals surface area (Å²) in [5.74, 6) is -1.51. The van der Waals surface area contributed by atoms with Crippen LogP contribution in [-0.2, 0) is 31.7 Å². The Morgan fingerprint density at radius 3 is 2.44 bits per heavy atom. The molecule has 0 aliphatic carbocycles. The van der Waals surface area contributed by atoms with Crippen LogP contribution >= 0.6 is 0 Å². The van der Waals surface area contributed by atoms with Crippen molar-refractivity contribution in [2.45, 2.75) is 37.5 Å². The number of nitrogens with one attached hydrogen (secondary N) is 2. The van der Waals surface area contributed by atoms with Gasteiger partial charge in [-0.1, -0.05) is 12.1 Å². The maximum absolute atomic E-state index is 12.6. The molecule has 1 aliphatic rings. The summed E-state index contributed by atoms with van der Waals surface area (Å²) in [4.78, 5) is 35.1. The predicted octanol–water partition coefficient (Wildman–Crippen LogP) is 1.18. The zero-order valence-corrected chi connectivity index (χ0v) is 13.4. The summed E-state index contributed by atoms with van der Waals surface area (Å²) in [6, 6.07) is 2.50. The van der Waals surface area contributed by atoms with Gasteiger partial charge in [0.2, 0.25) is 11.8 Å². The van der Waals surface area contributed by atoms with Gasteiger partial charge in [-0.25, -0.2) is 4.79 Å². The third-order valence-corrected chi connectivity index (χ3v) is 3.84. The van der Waals surface area contributed by atoms with Crippen molar-refractivity contribution in [1.82, 2.24) is 10.6 Å². The van der Waals surface area contributed by atoms with E-state index in [9.17, 15) is 27.6 Å². The predicted molar refractivity (Wildman–Crippen MR) is 80.3 cm³/mol. The Labute approximate surface area is 141 Å². The molecule has 0 saturated carbocycles. The van der Waals surface area contributed by atoms with Gasteiger partial charge in [0, 0.05) is 12.8 Å². The van der Waals surface area contributed by atoms with E-state index >= 15 is 0 Å². The lowest BCUT2D eigenvalue weighted by atomic mass is 10.0. The Balaban J connectivity index is 2.06. The van der Waals surface area contributed by atoms with E-state index in [1.54, 1.807) is 0 Å². The van der Waals surface area contributed by atoms with Gasteiger partial charge in [-0.05, 0) is 24.1 Å². The number of hydrogen-bond acceptors (Lipinski definition) is 4. The van der Waals surface area contributed by atoms with Crippen LogP contribution in [0.15, 0.2) is 24.3 Å². The van der Waals surface area contributed by atoms with Crippen LogP contribution in [0, 0.1) is 0 Å². The molecule has 0 unspecified atom stereocenters. The highest BCUT2D eigenvalue weighted by atomic mass is 19.4. The molecule has 0 aromatic heterocycles. The molecule has 2 amide bonds. The Morgan fingerprint density at radius 2 is 1.96 bits per heavy atom. The van der Waals surface area contributed by atoms with Crippen LogP contribution < -0.4 is 10.6 Å². The maximum Gasteiger partial charge on any atom is 0.416 e. The van der Waals surface area contributed by atoms with Crippen molar-refractivity contribution in [2.24, 2.45) is 0 Å². The standard InChI is InChI=1S/C16H17F3N2O4/c1-25-15(24)12(21-14(23)11-6-7-13(22)20-11)8-9-2-4-10(5-3-9)16(17,18)19/h2-5,11-12H,6-8H2,1H3,(H,20,22)(H,21,23)/t11-,12-/m1/s1. The molecule has 0 radical (unpaired) electrons. The summed E-state index contributed by atoms with van der Waals surface area (Å²) in [6.45, 7) is 0. The number of ether oxygens (including phenoxy) is 1. The van der Waals surface area contributed by atoms with Crippen LogP contribution in [0.25, 0.3) is 0 Å². The Kier molecular flexibility index (Phi) is 5.66. The van der Waals surface area contributed by atoms with Crippen molar-refractivity contribution in [3.8, 4) is 0 Å². The zero-order chi connectivity index (χ0) is 18.6. The zero-order valence-electron chi connectivity index (χ0n) is 13.4. The van der Waals surface area contributed by atoms with Gasteiger partial charge < -0.3 is 15.4 Å². The van der Waals surface area contributed by atoms with E-state index in [4.69, 9.17) is 0 Å². The fraction of sp³-hybridized carbons (Fsp3) is 0.438. The number of esters is 1. The first kappa shape index (κ1) is 18.8. The lowest BCUT2D eigenvalue weighted by molar-refractivity contribution is -0.145. The van der Waals surface area contributed by atoms with E-state index in [1.165, 1.54) is 12.1 Å². The van der Waals surface area contributed by atoms with Gasteiger partial charge in [-0.3, -0.25) is 9.59 Å². The molecule has 1 aromatic rings. The number of carbonyl (C=O) groups is 3. The van der Waals surface area contributed by atoms with E-state index < -0.39 is 35.7 Å². The van der Waals surface area contributed by atoms with Crippen LogP contribution in [0.5, 0.6) is 0 Å². The molecule has 9 heteroatoms. The molecule has 2 rings (SSSR count). The lowest BCUT2D eigenvalue weighted by Gasteiger charge is -2.19. The summed E-state index contributed by atoms with van der Waals surface area (Å²) < 4.78 is 42.4. The third kappa shape index (κ3) is 4.94. The van der Waals surface area contributed by atoms with Crippen molar-refractivity contribution in [3.63, 3.8) is 0 Å². The number of rotatable bonds is 5. The second kappa shape index (κ2) is 7.54. The maximum atomic E-state index is 12.6. The molecule has 1 heterocycles. The molecule has 136 valence electrons. The molecule has 2 N–H and O–H groups in total. The number of carbonyl (C=O) groups excluding carboxylic acids is 3. The average molecular weight is 358 g/mol. The molecule has 0 spiro atoms. The number of halogens is 3. The van der Waals surface area contributed by atoms with Gasteiger partial charge >= 0.3 is 12.1 Å².